The van der Waals surface area contributed by atoms with Gasteiger partial charge in [0, 0.05) is 11.6 Å². The van der Waals surface area contributed by atoms with E-state index in [0.717, 1.165) is 11.0 Å². The summed E-state index contributed by atoms with van der Waals surface area (Å²) >= 11 is 1.44. The number of nitrogens with one attached hydrogen (secondary N) is 1. The number of fused-ring (bicyclic) bond motifs is 1. The van der Waals surface area contributed by atoms with Gasteiger partial charge in [0.15, 0.2) is 5.13 Å². The minimum atomic E-state index is 0.634. The predicted molar refractivity (Wildman–Crippen MR) is 62.6 cm³/mol. The molecule has 0 aliphatic rings. The highest BCUT2D eigenvalue weighted by molar-refractivity contribution is 7.13. The summed E-state index contributed by atoms with van der Waals surface area (Å²) in [6.45, 7) is 0. The van der Waals surface area contributed by atoms with Gasteiger partial charge in [0.1, 0.15) is 0 Å². The average molecular weight is 218 g/mol. The first-order chi connectivity index (χ1) is 7.36. The molecule has 0 bridgehead atoms. The van der Waals surface area contributed by atoms with Gasteiger partial charge in [-0.2, -0.15) is 0 Å². The minimum absolute atomic E-state index is 0.634. The molecule has 1 aromatic carbocycles. The van der Waals surface area contributed by atoms with E-state index in [9.17, 15) is 0 Å². The first-order valence-corrected chi connectivity index (χ1v) is 5.27. The highest BCUT2D eigenvalue weighted by atomic mass is 32.1. The second-order valence-electron chi connectivity index (χ2n) is 2.79. The van der Waals surface area contributed by atoms with Crippen molar-refractivity contribution in [1.29, 1.82) is 0 Å². The molecule has 0 spiro atoms. The third kappa shape index (κ3) is 2.54. The van der Waals surface area contributed by atoms with Crippen LogP contribution in [0.3, 0.4) is 0 Å². The van der Waals surface area contributed by atoms with Gasteiger partial charge in [-0.25, -0.2) is 9.97 Å². The number of H-pyrrole nitrogens is 1. The fourth-order valence-electron chi connectivity index (χ4n) is 1.11. The molecule has 2 aromatic heterocycles. The molecule has 0 amide bonds. The Labute approximate surface area is 90.8 Å². The highest BCUT2D eigenvalue weighted by Crippen LogP contribution is 2.05. The summed E-state index contributed by atoms with van der Waals surface area (Å²) < 4.78 is 0. The van der Waals surface area contributed by atoms with Crippen LogP contribution < -0.4 is 5.73 Å². The van der Waals surface area contributed by atoms with Gasteiger partial charge in [-0.3, -0.25) is 0 Å². The molecule has 3 N–H and O–H groups in total. The van der Waals surface area contributed by atoms with E-state index in [1.807, 2.05) is 29.6 Å². The standard InChI is InChI=1S/C7H6N2.C3H4N2S/c1-2-4-7-6(3-1)8-5-9-7;4-3-5-1-2-6-3/h1-5H,(H,8,9);1-2H,(H2,4,5). The molecule has 76 valence electrons. The summed E-state index contributed by atoms with van der Waals surface area (Å²) in [6, 6.07) is 7.94. The molecule has 15 heavy (non-hydrogen) atoms. The van der Waals surface area contributed by atoms with Crippen molar-refractivity contribution in [1.82, 2.24) is 15.0 Å². The number of para-hydroxylation sites is 2. The van der Waals surface area contributed by atoms with Gasteiger partial charge in [-0.15, -0.1) is 11.3 Å². The zero-order valence-electron chi connectivity index (χ0n) is 7.92. The molecule has 0 saturated heterocycles. The largest absolute Gasteiger partial charge is 0.375 e. The molecule has 0 aliphatic heterocycles. The van der Waals surface area contributed by atoms with Crippen LogP contribution in [0.25, 0.3) is 11.0 Å². The van der Waals surface area contributed by atoms with E-state index in [2.05, 4.69) is 15.0 Å². The lowest BCUT2D eigenvalue weighted by Crippen LogP contribution is -1.77. The number of benzene rings is 1. The Morgan fingerprint density at radius 3 is 2.67 bits per heavy atom. The van der Waals surface area contributed by atoms with Crippen molar-refractivity contribution in [3.63, 3.8) is 0 Å². The van der Waals surface area contributed by atoms with E-state index in [4.69, 9.17) is 5.73 Å². The molecular weight excluding hydrogens is 208 g/mol. The van der Waals surface area contributed by atoms with Crippen LogP contribution in [0, 0.1) is 0 Å². The number of hydrogen-bond acceptors (Lipinski definition) is 4. The second-order valence-corrected chi connectivity index (χ2v) is 3.72. The van der Waals surface area contributed by atoms with Crippen LogP contribution in [0.4, 0.5) is 5.13 Å². The van der Waals surface area contributed by atoms with Crippen molar-refractivity contribution in [2.75, 3.05) is 5.73 Å². The Hall–Kier alpha value is -1.88. The minimum Gasteiger partial charge on any atom is -0.375 e. The zero-order valence-corrected chi connectivity index (χ0v) is 8.74. The van der Waals surface area contributed by atoms with Crippen LogP contribution in [-0.4, -0.2) is 15.0 Å². The molecule has 3 rings (SSSR count). The molecular formula is C10H10N4S. The summed E-state index contributed by atoms with van der Waals surface area (Å²) in [5.74, 6) is 0. The Bertz CT molecular complexity index is 485. The van der Waals surface area contributed by atoms with Crippen molar-refractivity contribution < 1.29 is 0 Å². The molecule has 3 aromatic rings. The maximum atomic E-state index is 5.19. The Morgan fingerprint density at radius 1 is 1.20 bits per heavy atom. The normalized spacial score (nSPS) is 9.60. The maximum Gasteiger partial charge on any atom is 0.179 e. The number of rotatable bonds is 0. The lowest BCUT2D eigenvalue weighted by atomic mass is 10.3. The van der Waals surface area contributed by atoms with E-state index in [1.54, 1.807) is 12.5 Å². The lowest BCUT2D eigenvalue weighted by molar-refractivity contribution is 1.34. The van der Waals surface area contributed by atoms with E-state index < -0.39 is 0 Å². The third-order valence-electron chi connectivity index (χ3n) is 1.78. The molecule has 0 atom stereocenters. The summed E-state index contributed by atoms with van der Waals surface area (Å²) in [7, 11) is 0. The monoisotopic (exact) mass is 218 g/mol. The molecule has 0 aliphatic carbocycles. The van der Waals surface area contributed by atoms with Crippen molar-refractivity contribution in [2.24, 2.45) is 0 Å². The Morgan fingerprint density at radius 2 is 2.07 bits per heavy atom. The molecule has 0 unspecified atom stereocenters. The summed E-state index contributed by atoms with van der Waals surface area (Å²) in [6.07, 6.45) is 3.38. The van der Waals surface area contributed by atoms with E-state index in [0.29, 0.717) is 5.13 Å². The van der Waals surface area contributed by atoms with Gasteiger partial charge in [0.05, 0.1) is 17.4 Å². The van der Waals surface area contributed by atoms with Gasteiger partial charge < -0.3 is 10.7 Å². The van der Waals surface area contributed by atoms with Crippen molar-refractivity contribution in [3.8, 4) is 0 Å². The molecule has 4 nitrogen and oxygen atoms in total. The highest BCUT2D eigenvalue weighted by Gasteiger charge is 1.88. The van der Waals surface area contributed by atoms with Gasteiger partial charge >= 0.3 is 0 Å². The number of aromatic amines is 1. The van der Waals surface area contributed by atoms with Crippen LogP contribution in [0.15, 0.2) is 42.2 Å². The van der Waals surface area contributed by atoms with Gasteiger partial charge in [-0.1, -0.05) is 12.1 Å². The van der Waals surface area contributed by atoms with Crippen molar-refractivity contribution in [3.05, 3.63) is 42.2 Å². The van der Waals surface area contributed by atoms with Gasteiger partial charge in [0.2, 0.25) is 0 Å². The van der Waals surface area contributed by atoms with Crippen LogP contribution in [0.1, 0.15) is 0 Å². The van der Waals surface area contributed by atoms with Crippen molar-refractivity contribution in [2.45, 2.75) is 0 Å². The molecule has 2 heterocycles. The Balaban J connectivity index is 0.000000124. The zero-order chi connectivity index (χ0) is 10.5. The van der Waals surface area contributed by atoms with Gasteiger partial charge in [-0.05, 0) is 12.1 Å². The number of thiazole rings is 1. The Kier molecular flexibility index (Phi) is 2.94. The lowest BCUT2D eigenvalue weighted by Gasteiger charge is -1.81. The number of nitrogens with zero attached hydrogens (tertiary/aromatic N) is 2. The van der Waals surface area contributed by atoms with Gasteiger partial charge in [0.25, 0.3) is 0 Å². The average Bonchev–Trinajstić information content (AvgIpc) is 2.88. The predicted octanol–water partition coefficient (Wildman–Crippen LogP) is 2.29. The smallest absolute Gasteiger partial charge is 0.179 e. The topological polar surface area (TPSA) is 67.6 Å². The molecule has 0 saturated carbocycles. The third-order valence-corrected chi connectivity index (χ3v) is 2.38. The molecule has 0 radical (unpaired) electrons. The number of nitrogens with two attached hydrogens (primary N) is 1. The summed E-state index contributed by atoms with van der Waals surface area (Å²) in [4.78, 5) is 10.8. The fourth-order valence-corrected chi connectivity index (χ4v) is 1.50. The number of hydrogen-bond donors (Lipinski definition) is 2. The van der Waals surface area contributed by atoms with E-state index in [1.165, 1.54) is 11.3 Å². The first-order valence-electron chi connectivity index (χ1n) is 4.39. The number of nitrogen functional groups attached to an aromatic ring is 1. The van der Waals surface area contributed by atoms with Crippen LogP contribution in [-0.2, 0) is 0 Å². The fraction of sp³-hybridized carbons (Fsp3) is 0. The molecule has 5 heteroatoms. The van der Waals surface area contributed by atoms with Crippen LogP contribution in [0.2, 0.25) is 0 Å². The number of anilines is 1. The molecule has 0 fully saturated rings. The van der Waals surface area contributed by atoms with E-state index >= 15 is 0 Å². The van der Waals surface area contributed by atoms with Crippen LogP contribution in [0.5, 0.6) is 0 Å². The maximum absolute atomic E-state index is 5.19. The summed E-state index contributed by atoms with van der Waals surface area (Å²) in [5, 5.41) is 2.48. The second kappa shape index (κ2) is 4.56. The number of imidazole rings is 1. The quantitative estimate of drug-likeness (QED) is 0.608. The van der Waals surface area contributed by atoms with E-state index in [-0.39, 0.29) is 0 Å². The van der Waals surface area contributed by atoms with Crippen molar-refractivity contribution >= 4 is 27.5 Å². The van der Waals surface area contributed by atoms with Crippen LogP contribution >= 0.6 is 11.3 Å². The first kappa shape index (κ1) is 9.67. The SMILES string of the molecule is Nc1nccs1.c1ccc2[nH]cnc2c1. The summed E-state index contributed by atoms with van der Waals surface area (Å²) in [5.41, 5.74) is 7.31. The number of aromatic nitrogens is 3.